The van der Waals surface area contributed by atoms with E-state index in [2.05, 4.69) is 10.9 Å². The van der Waals surface area contributed by atoms with Crippen LogP contribution < -0.4 is 0 Å². The fraction of sp³-hybridized carbons (Fsp3) is 0.375. The lowest BCUT2D eigenvalue weighted by atomic mass is 10.2. The monoisotopic (exact) mass is 149 g/mol. The van der Waals surface area contributed by atoms with Crippen molar-refractivity contribution < 1.29 is 0 Å². The average Bonchev–Trinajstić information content (AvgIpc) is 2.69. The quantitative estimate of drug-likeness (QED) is 0.556. The SMILES string of the molecule is C#Cc1scnc1C1CC1. The predicted molar refractivity (Wildman–Crippen MR) is 42.0 cm³/mol. The number of thiazole rings is 1. The van der Waals surface area contributed by atoms with E-state index in [1.54, 1.807) is 11.3 Å². The summed E-state index contributed by atoms with van der Waals surface area (Å²) < 4.78 is 0. The molecule has 1 heterocycles. The van der Waals surface area contributed by atoms with E-state index in [0.29, 0.717) is 5.92 Å². The van der Waals surface area contributed by atoms with Gasteiger partial charge in [-0.05, 0) is 12.8 Å². The van der Waals surface area contributed by atoms with Gasteiger partial charge in [0.05, 0.1) is 16.1 Å². The van der Waals surface area contributed by atoms with Crippen LogP contribution in [0.1, 0.15) is 29.3 Å². The van der Waals surface area contributed by atoms with Crippen molar-refractivity contribution in [2.75, 3.05) is 0 Å². The van der Waals surface area contributed by atoms with Gasteiger partial charge in [-0.1, -0.05) is 5.92 Å². The molecule has 0 bridgehead atoms. The molecule has 1 nitrogen and oxygen atoms in total. The molecule has 0 amide bonds. The summed E-state index contributed by atoms with van der Waals surface area (Å²) in [5.41, 5.74) is 3.00. The molecule has 1 aliphatic carbocycles. The summed E-state index contributed by atoms with van der Waals surface area (Å²) in [6.07, 6.45) is 7.83. The van der Waals surface area contributed by atoms with Crippen LogP contribution in [-0.2, 0) is 0 Å². The second kappa shape index (κ2) is 2.10. The fourth-order valence-electron chi connectivity index (χ4n) is 1.01. The lowest BCUT2D eigenvalue weighted by molar-refractivity contribution is 1.04. The molecule has 0 saturated heterocycles. The van der Waals surface area contributed by atoms with Crippen LogP contribution >= 0.6 is 11.3 Å². The van der Waals surface area contributed by atoms with E-state index in [-0.39, 0.29) is 0 Å². The molecule has 0 radical (unpaired) electrons. The lowest BCUT2D eigenvalue weighted by Crippen LogP contribution is -1.80. The van der Waals surface area contributed by atoms with E-state index >= 15 is 0 Å². The first-order valence-corrected chi connectivity index (χ1v) is 4.20. The van der Waals surface area contributed by atoms with Crippen LogP contribution in [0.15, 0.2) is 5.51 Å². The number of nitrogens with zero attached hydrogens (tertiary/aromatic N) is 1. The Morgan fingerprint density at radius 1 is 1.70 bits per heavy atom. The highest BCUT2D eigenvalue weighted by Gasteiger charge is 2.27. The molecule has 1 aromatic rings. The molecule has 50 valence electrons. The Labute approximate surface area is 64.1 Å². The molecule has 0 aliphatic heterocycles. The highest BCUT2D eigenvalue weighted by atomic mass is 32.1. The molecule has 1 saturated carbocycles. The Kier molecular flexibility index (Phi) is 1.25. The number of hydrogen-bond acceptors (Lipinski definition) is 2. The Morgan fingerprint density at radius 2 is 2.50 bits per heavy atom. The largest absolute Gasteiger partial charge is 0.248 e. The minimum absolute atomic E-state index is 0.692. The zero-order valence-corrected chi connectivity index (χ0v) is 6.32. The van der Waals surface area contributed by atoms with E-state index in [1.807, 2.05) is 5.51 Å². The van der Waals surface area contributed by atoms with Gasteiger partial charge in [-0.2, -0.15) is 0 Å². The van der Waals surface area contributed by atoms with E-state index in [4.69, 9.17) is 6.42 Å². The van der Waals surface area contributed by atoms with Crippen LogP contribution in [0.4, 0.5) is 0 Å². The second-order valence-corrected chi connectivity index (χ2v) is 3.34. The number of terminal acetylenes is 1. The summed E-state index contributed by atoms with van der Waals surface area (Å²) >= 11 is 1.57. The first-order chi connectivity index (χ1) is 4.92. The van der Waals surface area contributed by atoms with Crippen molar-refractivity contribution in [2.45, 2.75) is 18.8 Å². The fourth-order valence-corrected chi connectivity index (χ4v) is 1.69. The topological polar surface area (TPSA) is 12.9 Å². The molecule has 0 aromatic carbocycles. The van der Waals surface area contributed by atoms with Gasteiger partial charge in [-0.25, -0.2) is 4.98 Å². The molecule has 2 heteroatoms. The summed E-state index contributed by atoms with van der Waals surface area (Å²) in [5.74, 6) is 3.34. The second-order valence-electron chi connectivity index (χ2n) is 2.49. The summed E-state index contributed by atoms with van der Waals surface area (Å²) in [7, 11) is 0. The molecule has 0 spiro atoms. The third-order valence-corrected chi connectivity index (χ3v) is 2.46. The standard InChI is InChI=1S/C8H7NS/c1-2-7-8(6-3-4-6)9-5-10-7/h1,5-6H,3-4H2. The molecule has 0 atom stereocenters. The molecule has 1 aromatic heterocycles. The van der Waals surface area contributed by atoms with Gasteiger partial charge in [-0.15, -0.1) is 17.8 Å². The van der Waals surface area contributed by atoms with Crippen molar-refractivity contribution in [1.29, 1.82) is 0 Å². The molecular weight excluding hydrogens is 142 g/mol. The normalized spacial score (nSPS) is 16.7. The molecule has 2 rings (SSSR count). The van der Waals surface area contributed by atoms with E-state index in [0.717, 1.165) is 10.6 Å². The minimum Gasteiger partial charge on any atom is -0.248 e. The summed E-state index contributed by atoms with van der Waals surface area (Å²) in [5, 5.41) is 0. The van der Waals surface area contributed by atoms with Crippen LogP contribution in [0.3, 0.4) is 0 Å². The van der Waals surface area contributed by atoms with Crippen LogP contribution in [0, 0.1) is 12.3 Å². The van der Waals surface area contributed by atoms with Gasteiger partial charge in [0.25, 0.3) is 0 Å². The van der Waals surface area contributed by atoms with Gasteiger partial charge < -0.3 is 0 Å². The Hall–Kier alpha value is -0.810. The van der Waals surface area contributed by atoms with Gasteiger partial charge in [0.15, 0.2) is 0 Å². The Balaban J connectivity index is 2.40. The number of hydrogen-bond donors (Lipinski definition) is 0. The number of aromatic nitrogens is 1. The van der Waals surface area contributed by atoms with Crippen LogP contribution in [-0.4, -0.2) is 4.98 Å². The van der Waals surface area contributed by atoms with E-state index < -0.39 is 0 Å². The molecule has 1 aliphatic rings. The smallest absolute Gasteiger partial charge is 0.0999 e. The van der Waals surface area contributed by atoms with Crippen LogP contribution in [0.25, 0.3) is 0 Å². The maximum absolute atomic E-state index is 5.28. The average molecular weight is 149 g/mol. The molecular formula is C8H7NS. The third-order valence-electron chi connectivity index (χ3n) is 1.69. The summed E-state index contributed by atoms with van der Waals surface area (Å²) in [4.78, 5) is 5.26. The molecule has 0 N–H and O–H groups in total. The zero-order valence-electron chi connectivity index (χ0n) is 5.50. The minimum atomic E-state index is 0.692. The van der Waals surface area contributed by atoms with Crippen molar-refractivity contribution in [2.24, 2.45) is 0 Å². The van der Waals surface area contributed by atoms with Crippen molar-refractivity contribution in [3.8, 4) is 12.3 Å². The van der Waals surface area contributed by atoms with Gasteiger partial charge in [-0.3, -0.25) is 0 Å². The van der Waals surface area contributed by atoms with E-state index in [9.17, 15) is 0 Å². The summed E-state index contributed by atoms with van der Waals surface area (Å²) in [6, 6.07) is 0. The molecule has 0 unspecified atom stereocenters. The maximum atomic E-state index is 5.28. The van der Waals surface area contributed by atoms with Crippen molar-refractivity contribution in [1.82, 2.24) is 4.98 Å². The predicted octanol–water partition coefficient (Wildman–Crippen LogP) is 2.00. The van der Waals surface area contributed by atoms with Crippen molar-refractivity contribution >= 4 is 11.3 Å². The lowest BCUT2D eigenvalue weighted by Gasteiger charge is -1.88. The summed E-state index contributed by atoms with van der Waals surface area (Å²) in [6.45, 7) is 0. The van der Waals surface area contributed by atoms with Gasteiger partial charge in [0.2, 0.25) is 0 Å². The third kappa shape index (κ3) is 0.833. The van der Waals surface area contributed by atoms with Gasteiger partial charge >= 0.3 is 0 Å². The van der Waals surface area contributed by atoms with Crippen molar-refractivity contribution in [3.05, 3.63) is 16.1 Å². The zero-order chi connectivity index (χ0) is 6.97. The highest BCUT2D eigenvalue weighted by Crippen LogP contribution is 2.41. The molecule has 1 fully saturated rings. The van der Waals surface area contributed by atoms with Gasteiger partial charge in [0, 0.05) is 5.92 Å². The molecule has 10 heavy (non-hydrogen) atoms. The van der Waals surface area contributed by atoms with Crippen LogP contribution in [0.5, 0.6) is 0 Å². The first-order valence-electron chi connectivity index (χ1n) is 3.32. The Morgan fingerprint density at radius 3 is 3.10 bits per heavy atom. The first kappa shape index (κ1) is 5.94. The maximum Gasteiger partial charge on any atom is 0.0999 e. The number of rotatable bonds is 1. The van der Waals surface area contributed by atoms with Gasteiger partial charge in [0.1, 0.15) is 0 Å². The van der Waals surface area contributed by atoms with E-state index in [1.165, 1.54) is 12.8 Å². The van der Waals surface area contributed by atoms with Crippen molar-refractivity contribution in [3.63, 3.8) is 0 Å². The Bertz CT molecular complexity index is 278. The highest BCUT2D eigenvalue weighted by molar-refractivity contribution is 7.10. The van der Waals surface area contributed by atoms with Crippen LogP contribution in [0.2, 0.25) is 0 Å².